The molecule has 174 valence electrons. The van der Waals surface area contributed by atoms with Crippen molar-refractivity contribution < 1.29 is 4.79 Å². The first-order valence-electron chi connectivity index (χ1n) is 11.0. The fraction of sp³-hybridized carbons (Fsp3) is 0.269. The number of aryl methyl sites for hydroxylation is 1. The van der Waals surface area contributed by atoms with Crippen LogP contribution in [0.1, 0.15) is 11.1 Å². The topological polar surface area (TPSA) is 69.3 Å². The fourth-order valence-corrected chi connectivity index (χ4v) is 5.36. The number of carbonyl (C=O) groups excluding carboxylic acids is 1. The SMILES string of the molecule is CSc1ccc(C=c2sc(=C(C#N)C(=O)N3CCN(C)CC3)n(-c3cccc(C)c3)c2=O)cc1. The summed E-state index contributed by atoms with van der Waals surface area (Å²) in [5.74, 6) is -0.325. The van der Waals surface area contributed by atoms with E-state index in [1.807, 2.05) is 74.8 Å². The summed E-state index contributed by atoms with van der Waals surface area (Å²) in [6.45, 7) is 4.57. The minimum absolute atomic E-state index is 0.00513. The molecule has 1 aliphatic rings. The van der Waals surface area contributed by atoms with Crippen LogP contribution in [0.25, 0.3) is 17.3 Å². The van der Waals surface area contributed by atoms with E-state index in [9.17, 15) is 14.9 Å². The number of hydrogen-bond acceptors (Lipinski definition) is 6. The van der Waals surface area contributed by atoms with Gasteiger partial charge in [0.2, 0.25) is 0 Å². The van der Waals surface area contributed by atoms with Crippen molar-refractivity contribution in [2.45, 2.75) is 11.8 Å². The molecule has 6 nitrogen and oxygen atoms in total. The lowest BCUT2D eigenvalue weighted by atomic mass is 10.2. The molecular weight excluding hydrogens is 464 g/mol. The summed E-state index contributed by atoms with van der Waals surface area (Å²) in [4.78, 5) is 31.9. The minimum Gasteiger partial charge on any atom is -0.335 e. The largest absolute Gasteiger partial charge is 0.335 e. The highest BCUT2D eigenvalue weighted by Gasteiger charge is 2.25. The molecule has 34 heavy (non-hydrogen) atoms. The first-order chi connectivity index (χ1) is 16.4. The number of likely N-dealkylation sites (N-methyl/N-ethyl adjacent to an activating group) is 1. The number of nitrogens with zero attached hydrogens (tertiary/aromatic N) is 4. The number of hydrogen-bond donors (Lipinski definition) is 0. The van der Waals surface area contributed by atoms with Gasteiger partial charge in [0, 0.05) is 31.1 Å². The Balaban J connectivity index is 1.94. The van der Waals surface area contributed by atoms with E-state index in [1.54, 1.807) is 16.7 Å². The van der Waals surface area contributed by atoms with Gasteiger partial charge in [0.25, 0.3) is 11.5 Å². The predicted molar refractivity (Wildman–Crippen MR) is 139 cm³/mol. The van der Waals surface area contributed by atoms with Crippen LogP contribution < -0.4 is 14.8 Å². The van der Waals surface area contributed by atoms with Gasteiger partial charge < -0.3 is 9.80 Å². The highest BCUT2D eigenvalue weighted by atomic mass is 32.2. The Bertz CT molecular complexity index is 1420. The van der Waals surface area contributed by atoms with Crippen molar-refractivity contribution in [2.24, 2.45) is 0 Å². The molecule has 4 rings (SSSR count). The maximum Gasteiger partial charge on any atom is 0.273 e. The molecule has 3 aromatic rings. The summed E-state index contributed by atoms with van der Waals surface area (Å²) < 4.78 is 2.35. The number of carbonyl (C=O) groups is 1. The first kappa shape index (κ1) is 24.0. The lowest BCUT2D eigenvalue weighted by Gasteiger charge is -2.32. The molecule has 2 heterocycles. The van der Waals surface area contributed by atoms with Crippen molar-refractivity contribution in [1.82, 2.24) is 14.4 Å². The van der Waals surface area contributed by atoms with E-state index in [0.717, 1.165) is 29.1 Å². The zero-order chi connectivity index (χ0) is 24.2. The zero-order valence-corrected chi connectivity index (χ0v) is 21.1. The van der Waals surface area contributed by atoms with Crippen molar-refractivity contribution in [1.29, 1.82) is 5.26 Å². The van der Waals surface area contributed by atoms with Gasteiger partial charge in [-0.25, -0.2) is 0 Å². The van der Waals surface area contributed by atoms with Gasteiger partial charge in [-0.05, 0) is 61.7 Å². The predicted octanol–water partition coefficient (Wildman–Crippen LogP) is 2.21. The van der Waals surface area contributed by atoms with E-state index in [2.05, 4.69) is 11.0 Å². The van der Waals surface area contributed by atoms with Gasteiger partial charge in [0.15, 0.2) is 5.57 Å². The molecule has 0 radical (unpaired) electrons. The molecule has 0 atom stereocenters. The van der Waals surface area contributed by atoms with E-state index < -0.39 is 0 Å². The molecule has 8 heteroatoms. The molecule has 0 N–H and O–H groups in total. The molecule has 1 fully saturated rings. The Labute approximate surface area is 207 Å². The Morgan fingerprint density at radius 1 is 1.12 bits per heavy atom. The summed E-state index contributed by atoms with van der Waals surface area (Å²) in [7, 11) is 2.01. The summed E-state index contributed by atoms with van der Waals surface area (Å²) in [5.41, 5.74) is 2.29. The van der Waals surface area contributed by atoms with Crippen molar-refractivity contribution in [3.05, 3.63) is 79.2 Å². The Morgan fingerprint density at radius 3 is 2.44 bits per heavy atom. The number of thiazole rings is 1. The Hall–Kier alpha value is -3.12. The third-order valence-electron chi connectivity index (χ3n) is 5.83. The van der Waals surface area contributed by atoms with Crippen molar-refractivity contribution >= 4 is 40.7 Å². The van der Waals surface area contributed by atoms with E-state index in [0.29, 0.717) is 28.0 Å². The van der Waals surface area contributed by atoms with Gasteiger partial charge in [0.05, 0.1) is 10.2 Å². The quantitative estimate of drug-likeness (QED) is 0.525. The standard InChI is InChI=1S/C26H26N4O2S2/c1-18-5-4-6-20(15-18)30-25(32)23(16-19-7-9-21(33-3)10-8-19)34-26(30)22(17-27)24(31)29-13-11-28(2)12-14-29/h4-10,15-16H,11-14H2,1-3H3. The molecule has 2 aromatic carbocycles. The van der Waals surface area contributed by atoms with Crippen LogP contribution in [0.3, 0.4) is 0 Å². The number of benzene rings is 2. The maximum absolute atomic E-state index is 13.6. The van der Waals surface area contributed by atoms with E-state index in [1.165, 1.54) is 15.9 Å². The van der Waals surface area contributed by atoms with Crippen LogP contribution in [-0.4, -0.2) is 59.8 Å². The average molecular weight is 491 g/mol. The first-order valence-corrected chi connectivity index (χ1v) is 13.0. The highest BCUT2D eigenvalue weighted by Crippen LogP contribution is 2.15. The Kier molecular flexibility index (Phi) is 7.37. The van der Waals surface area contributed by atoms with Gasteiger partial charge in [-0.15, -0.1) is 23.1 Å². The van der Waals surface area contributed by atoms with Crippen LogP contribution in [-0.2, 0) is 4.79 Å². The smallest absolute Gasteiger partial charge is 0.273 e. The second kappa shape index (κ2) is 10.4. The third kappa shape index (κ3) is 5.02. The van der Waals surface area contributed by atoms with Crippen LogP contribution in [0.5, 0.6) is 0 Å². The van der Waals surface area contributed by atoms with Crippen molar-refractivity contribution in [3.8, 4) is 11.8 Å². The molecule has 1 aliphatic heterocycles. The number of piperazine rings is 1. The molecule has 0 unspecified atom stereocenters. The summed E-state index contributed by atoms with van der Waals surface area (Å²) >= 11 is 2.84. The van der Waals surface area contributed by atoms with Gasteiger partial charge in [-0.3, -0.25) is 14.2 Å². The molecule has 1 amide bonds. The lowest BCUT2D eigenvalue weighted by molar-refractivity contribution is -0.126. The molecule has 1 saturated heterocycles. The number of thioether (sulfide) groups is 1. The number of aromatic nitrogens is 1. The van der Waals surface area contributed by atoms with Gasteiger partial charge in [-0.2, -0.15) is 5.26 Å². The molecular formula is C26H26N4O2S2. The normalized spacial score (nSPS) is 15.8. The summed E-state index contributed by atoms with van der Waals surface area (Å²) in [6, 6.07) is 17.6. The molecule has 0 aliphatic carbocycles. The van der Waals surface area contributed by atoms with Crippen LogP contribution in [0.15, 0.2) is 58.2 Å². The van der Waals surface area contributed by atoms with Gasteiger partial charge in [0.1, 0.15) is 10.7 Å². The highest BCUT2D eigenvalue weighted by molar-refractivity contribution is 7.98. The van der Waals surface area contributed by atoms with Crippen LogP contribution in [0.2, 0.25) is 0 Å². The van der Waals surface area contributed by atoms with Crippen molar-refractivity contribution in [3.63, 3.8) is 0 Å². The molecule has 1 aromatic heterocycles. The summed E-state index contributed by atoms with van der Waals surface area (Å²) in [6.07, 6.45) is 3.84. The van der Waals surface area contributed by atoms with Gasteiger partial charge in [-0.1, -0.05) is 24.3 Å². The van der Waals surface area contributed by atoms with Crippen molar-refractivity contribution in [2.75, 3.05) is 39.5 Å². The molecule has 0 bridgehead atoms. The van der Waals surface area contributed by atoms with Crippen LogP contribution in [0.4, 0.5) is 0 Å². The summed E-state index contributed by atoms with van der Waals surface area (Å²) in [5, 5.41) is 10.0. The minimum atomic E-state index is -0.325. The zero-order valence-electron chi connectivity index (χ0n) is 19.4. The number of nitriles is 1. The fourth-order valence-electron chi connectivity index (χ4n) is 3.86. The average Bonchev–Trinajstić information content (AvgIpc) is 3.15. The second-order valence-electron chi connectivity index (χ2n) is 8.25. The lowest BCUT2D eigenvalue weighted by Crippen LogP contribution is -2.48. The molecule has 0 spiro atoms. The van der Waals surface area contributed by atoms with Crippen LogP contribution >= 0.6 is 23.1 Å². The Morgan fingerprint density at radius 2 is 1.82 bits per heavy atom. The number of rotatable bonds is 4. The second-order valence-corrected chi connectivity index (χ2v) is 10.2. The maximum atomic E-state index is 13.6. The van der Waals surface area contributed by atoms with E-state index >= 15 is 0 Å². The van der Waals surface area contributed by atoms with Gasteiger partial charge >= 0.3 is 0 Å². The molecule has 0 saturated carbocycles. The third-order valence-corrected chi connectivity index (χ3v) is 7.66. The van der Waals surface area contributed by atoms with E-state index in [4.69, 9.17) is 0 Å². The monoisotopic (exact) mass is 490 g/mol. The van der Waals surface area contributed by atoms with Crippen LogP contribution in [0, 0.1) is 18.3 Å². The van der Waals surface area contributed by atoms with E-state index in [-0.39, 0.29) is 17.0 Å². The number of amides is 1.